The van der Waals surface area contributed by atoms with Gasteiger partial charge in [-0.1, -0.05) is 63.0 Å². The summed E-state index contributed by atoms with van der Waals surface area (Å²) >= 11 is 16.5. The van der Waals surface area contributed by atoms with Crippen LogP contribution < -0.4 is 10.6 Å². The van der Waals surface area contributed by atoms with E-state index < -0.39 is 23.6 Å². The standard InChI is InChI=1S/C26H19BrCl2F3N5O2S/c1-14-3-2-4-17(9-14)37-22(12-33-24(39)18-11-16(27)6-8-19(18)28)35-36-25(37)40-13-23(38)34-21-10-15(26(30,31)32)5-7-20(21)29/h2-11H,12-13H2,1H3,(H,33,39)(H,34,38). The Hall–Kier alpha value is -3.06. The predicted octanol–water partition coefficient (Wildman–Crippen LogP) is 7.32. The van der Waals surface area contributed by atoms with Crippen molar-refractivity contribution in [3.63, 3.8) is 0 Å². The molecule has 0 aliphatic carbocycles. The zero-order chi connectivity index (χ0) is 29.0. The first kappa shape index (κ1) is 29.9. The molecule has 7 nitrogen and oxygen atoms in total. The van der Waals surface area contributed by atoms with Crippen LogP contribution in [0, 0.1) is 6.92 Å². The number of rotatable bonds is 8. The third kappa shape index (κ3) is 7.36. The first-order chi connectivity index (χ1) is 18.9. The fourth-order valence-corrected chi connectivity index (χ4v) is 5.07. The lowest BCUT2D eigenvalue weighted by atomic mass is 10.2. The first-order valence-corrected chi connectivity index (χ1v) is 14.0. The van der Waals surface area contributed by atoms with E-state index in [1.807, 2.05) is 31.2 Å². The maximum absolute atomic E-state index is 13.1. The number of thioether (sulfide) groups is 1. The monoisotopic (exact) mass is 671 g/mol. The second kappa shape index (κ2) is 12.6. The Kier molecular flexibility index (Phi) is 9.44. The number of carbonyl (C=O) groups excluding carboxylic acids is 2. The molecule has 1 aromatic heterocycles. The highest BCUT2D eigenvalue weighted by atomic mass is 79.9. The Morgan fingerprint density at radius 2 is 1.77 bits per heavy atom. The number of aromatic nitrogens is 3. The smallest absolute Gasteiger partial charge is 0.345 e. The maximum atomic E-state index is 13.1. The molecule has 3 aromatic carbocycles. The fourth-order valence-electron chi connectivity index (χ4n) is 3.57. The van der Waals surface area contributed by atoms with E-state index >= 15 is 0 Å². The average Bonchev–Trinajstić information content (AvgIpc) is 3.31. The lowest BCUT2D eigenvalue weighted by Gasteiger charge is -2.13. The molecule has 0 bridgehead atoms. The molecule has 2 N–H and O–H groups in total. The number of aryl methyl sites for hydroxylation is 1. The van der Waals surface area contributed by atoms with Gasteiger partial charge in [-0.3, -0.25) is 14.2 Å². The van der Waals surface area contributed by atoms with Gasteiger partial charge in [-0.15, -0.1) is 10.2 Å². The number of nitrogens with zero attached hydrogens (tertiary/aromatic N) is 3. The Morgan fingerprint density at radius 1 is 1.02 bits per heavy atom. The molecule has 0 spiro atoms. The summed E-state index contributed by atoms with van der Waals surface area (Å²) in [4.78, 5) is 25.4. The van der Waals surface area contributed by atoms with E-state index in [4.69, 9.17) is 23.2 Å². The highest BCUT2D eigenvalue weighted by Gasteiger charge is 2.31. The zero-order valence-corrected chi connectivity index (χ0v) is 24.4. The lowest BCUT2D eigenvalue weighted by molar-refractivity contribution is -0.137. The van der Waals surface area contributed by atoms with Crippen LogP contribution in [0.4, 0.5) is 18.9 Å². The van der Waals surface area contributed by atoms with Gasteiger partial charge in [0.25, 0.3) is 5.91 Å². The number of nitrogens with one attached hydrogen (secondary N) is 2. The van der Waals surface area contributed by atoms with Crippen LogP contribution in [0.25, 0.3) is 5.69 Å². The minimum Gasteiger partial charge on any atom is -0.345 e. The number of hydrogen-bond acceptors (Lipinski definition) is 5. The van der Waals surface area contributed by atoms with Crippen molar-refractivity contribution in [2.45, 2.75) is 24.8 Å². The number of carbonyl (C=O) groups is 2. The summed E-state index contributed by atoms with van der Waals surface area (Å²) in [6.45, 7) is 1.90. The first-order valence-electron chi connectivity index (χ1n) is 11.5. The second-order valence-corrected chi connectivity index (χ2v) is 11.1. The molecule has 0 aliphatic heterocycles. The van der Waals surface area contributed by atoms with Crippen molar-refractivity contribution < 1.29 is 22.8 Å². The zero-order valence-electron chi connectivity index (χ0n) is 20.5. The molecule has 4 aromatic rings. The second-order valence-electron chi connectivity index (χ2n) is 8.41. The minimum atomic E-state index is -4.59. The van der Waals surface area contributed by atoms with Crippen molar-refractivity contribution in [3.8, 4) is 5.69 Å². The van der Waals surface area contributed by atoms with E-state index in [2.05, 4.69) is 36.8 Å². The summed E-state index contributed by atoms with van der Waals surface area (Å²) in [6, 6.07) is 15.0. The normalized spacial score (nSPS) is 11.4. The van der Waals surface area contributed by atoms with E-state index in [-0.39, 0.29) is 33.6 Å². The van der Waals surface area contributed by atoms with Gasteiger partial charge in [-0.05, 0) is 61.0 Å². The third-order valence-electron chi connectivity index (χ3n) is 5.44. The number of hydrogen-bond donors (Lipinski definition) is 2. The van der Waals surface area contributed by atoms with Gasteiger partial charge >= 0.3 is 6.18 Å². The number of alkyl halides is 3. The van der Waals surface area contributed by atoms with Crippen LogP contribution in [0.15, 0.2) is 70.3 Å². The van der Waals surface area contributed by atoms with E-state index in [9.17, 15) is 22.8 Å². The Bertz CT molecular complexity index is 1580. The van der Waals surface area contributed by atoms with Crippen LogP contribution in [-0.4, -0.2) is 32.3 Å². The van der Waals surface area contributed by atoms with Gasteiger partial charge in [-0.2, -0.15) is 13.2 Å². The molecule has 40 heavy (non-hydrogen) atoms. The van der Waals surface area contributed by atoms with E-state index in [1.54, 1.807) is 22.8 Å². The van der Waals surface area contributed by atoms with Gasteiger partial charge in [0.15, 0.2) is 11.0 Å². The van der Waals surface area contributed by atoms with Crippen molar-refractivity contribution in [2.75, 3.05) is 11.1 Å². The topological polar surface area (TPSA) is 88.9 Å². The third-order valence-corrected chi connectivity index (χ3v) is 7.52. The fraction of sp³-hybridized carbons (Fsp3) is 0.154. The Labute approximate surface area is 249 Å². The number of halogens is 6. The molecule has 0 fully saturated rings. The number of anilines is 1. The van der Waals surface area contributed by atoms with E-state index in [1.165, 1.54) is 0 Å². The summed E-state index contributed by atoms with van der Waals surface area (Å²) in [5.74, 6) is -0.828. The van der Waals surface area contributed by atoms with Crippen molar-refractivity contribution in [2.24, 2.45) is 0 Å². The lowest BCUT2D eigenvalue weighted by Crippen LogP contribution is -2.25. The van der Waals surface area contributed by atoms with Crippen LogP contribution in [0.2, 0.25) is 10.0 Å². The Morgan fingerprint density at radius 3 is 2.50 bits per heavy atom. The van der Waals surface area contributed by atoms with Crippen LogP contribution in [0.3, 0.4) is 0 Å². The van der Waals surface area contributed by atoms with E-state index in [0.717, 1.165) is 35.5 Å². The average molecular weight is 673 g/mol. The maximum Gasteiger partial charge on any atom is 0.416 e. The molecule has 0 aliphatic rings. The van der Waals surface area contributed by atoms with Crippen molar-refractivity contribution in [3.05, 3.63) is 97.7 Å². The van der Waals surface area contributed by atoms with Gasteiger partial charge in [0.05, 0.1) is 39.2 Å². The molecule has 4 rings (SSSR count). The quantitative estimate of drug-likeness (QED) is 0.192. The summed E-state index contributed by atoms with van der Waals surface area (Å²) in [6.07, 6.45) is -4.59. The van der Waals surface area contributed by atoms with Crippen LogP contribution in [0.5, 0.6) is 0 Å². The van der Waals surface area contributed by atoms with Crippen molar-refractivity contribution in [1.82, 2.24) is 20.1 Å². The molecular weight excluding hydrogens is 654 g/mol. The van der Waals surface area contributed by atoms with Gasteiger partial charge in [-0.25, -0.2) is 0 Å². The van der Waals surface area contributed by atoms with Gasteiger partial charge in [0.2, 0.25) is 5.91 Å². The van der Waals surface area contributed by atoms with Crippen LogP contribution >= 0.6 is 50.9 Å². The summed E-state index contributed by atoms with van der Waals surface area (Å²) in [7, 11) is 0. The van der Waals surface area contributed by atoms with Gasteiger partial charge in [0, 0.05) is 10.2 Å². The molecule has 0 unspecified atom stereocenters. The molecule has 2 amide bonds. The molecule has 0 saturated carbocycles. The minimum absolute atomic E-state index is 0.00475. The number of amides is 2. The number of benzene rings is 3. The molecule has 1 heterocycles. The van der Waals surface area contributed by atoms with Crippen LogP contribution in [0.1, 0.15) is 27.3 Å². The molecule has 0 atom stereocenters. The Balaban J connectivity index is 1.53. The molecular formula is C26H19BrCl2F3N5O2S. The summed E-state index contributed by atoms with van der Waals surface area (Å²) in [5.41, 5.74) is 0.831. The molecule has 14 heteroatoms. The summed E-state index contributed by atoms with van der Waals surface area (Å²) < 4.78 is 41.6. The van der Waals surface area contributed by atoms with Crippen LogP contribution in [-0.2, 0) is 17.5 Å². The largest absolute Gasteiger partial charge is 0.416 e. The summed E-state index contributed by atoms with van der Waals surface area (Å²) in [5, 5.41) is 14.2. The van der Waals surface area contributed by atoms with Gasteiger partial charge < -0.3 is 10.6 Å². The highest BCUT2D eigenvalue weighted by molar-refractivity contribution is 9.10. The molecule has 0 saturated heterocycles. The van der Waals surface area contributed by atoms with Crippen molar-refractivity contribution >= 4 is 68.4 Å². The molecule has 208 valence electrons. The highest BCUT2D eigenvalue weighted by Crippen LogP contribution is 2.34. The molecule has 0 radical (unpaired) electrons. The predicted molar refractivity (Wildman–Crippen MR) is 152 cm³/mol. The SMILES string of the molecule is Cc1cccc(-n2c(CNC(=O)c3cc(Br)ccc3Cl)nnc2SCC(=O)Nc2cc(C(F)(F)F)ccc2Cl)c1. The van der Waals surface area contributed by atoms with Crippen molar-refractivity contribution in [1.29, 1.82) is 0 Å². The van der Waals surface area contributed by atoms with Gasteiger partial charge in [0.1, 0.15) is 0 Å². The van der Waals surface area contributed by atoms with E-state index in [0.29, 0.717) is 21.1 Å².